The molecule has 1 atom stereocenters. The van der Waals surface area contributed by atoms with E-state index in [9.17, 15) is 14.7 Å². The van der Waals surface area contributed by atoms with Crippen molar-refractivity contribution in [3.63, 3.8) is 0 Å². The molecule has 6 heteroatoms. The van der Waals surface area contributed by atoms with Crippen molar-refractivity contribution >= 4 is 11.8 Å². The fraction of sp³-hybridized carbons (Fsp3) is 0.500. The lowest BCUT2D eigenvalue weighted by Gasteiger charge is -2.15. The maximum atomic E-state index is 11.4. The van der Waals surface area contributed by atoms with E-state index in [-0.39, 0.29) is 24.8 Å². The highest BCUT2D eigenvalue weighted by Crippen LogP contribution is 2.13. The lowest BCUT2D eigenvalue weighted by Crippen LogP contribution is -2.35. The van der Waals surface area contributed by atoms with Crippen LogP contribution in [0.1, 0.15) is 26.3 Å². The number of hydrogen-bond donors (Lipinski definition) is 3. The second-order valence-corrected chi connectivity index (χ2v) is 5.45. The van der Waals surface area contributed by atoms with E-state index in [4.69, 9.17) is 4.74 Å². The molecule has 1 unspecified atom stereocenters. The Labute approximate surface area is 130 Å². The maximum Gasteiger partial charge on any atom is 0.230 e. The molecular formula is C16H24N2O4. The van der Waals surface area contributed by atoms with Gasteiger partial charge in [0.25, 0.3) is 0 Å². The largest absolute Gasteiger partial charge is 0.491 e. The zero-order valence-electron chi connectivity index (χ0n) is 13.3. The van der Waals surface area contributed by atoms with Gasteiger partial charge >= 0.3 is 0 Å². The van der Waals surface area contributed by atoms with E-state index < -0.39 is 6.10 Å². The molecule has 0 bridgehead atoms. The second kappa shape index (κ2) is 9.17. The first kappa shape index (κ1) is 18.1. The van der Waals surface area contributed by atoms with E-state index in [1.165, 1.54) is 6.92 Å². The van der Waals surface area contributed by atoms with Gasteiger partial charge in [0, 0.05) is 19.5 Å². The number of carbonyl (C=O) groups is 2. The van der Waals surface area contributed by atoms with Gasteiger partial charge in [-0.15, -0.1) is 0 Å². The van der Waals surface area contributed by atoms with E-state index in [0.29, 0.717) is 18.3 Å². The van der Waals surface area contributed by atoms with Gasteiger partial charge in [0.1, 0.15) is 18.5 Å². The average molecular weight is 308 g/mol. The molecular weight excluding hydrogens is 284 g/mol. The summed E-state index contributed by atoms with van der Waals surface area (Å²) in [7, 11) is 0. The van der Waals surface area contributed by atoms with Crippen LogP contribution in [0.3, 0.4) is 0 Å². The molecule has 1 aromatic rings. The number of aliphatic hydroxyl groups is 1. The number of amides is 2. The molecule has 0 heterocycles. The van der Waals surface area contributed by atoms with Crippen LogP contribution < -0.4 is 15.4 Å². The summed E-state index contributed by atoms with van der Waals surface area (Å²) in [4.78, 5) is 22.2. The Morgan fingerprint density at radius 1 is 1.23 bits per heavy atom. The van der Waals surface area contributed by atoms with Gasteiger partial charge in [0.2, 0.25) is 11.8 Å². The number of ether oxygens (including phenoxy) is 1. The second-order valence-electron chi connectivity index (χ2n) is 5.45. The smallest absolute Gasteiger partial charge is 0.230 e. The first-order valence-electron chi connectivity index (χ1n) is 7.30. The predicted octanol–water partition coefficient (Wildman–Crippen LogP) is 0.629. The number of imide groups is 1. The van der Waals surface area contributed by atoms with Crippen LogP contribution in [0.25, 0.3) is 0 Å². The molecule has 0 radical (unpaired) electrons. The van der Waals surface area contributed by atoms with Gasteiger partial charge in [0.15, 0.2) is 0 Å². The van der Waals surface area contributed by atoms with Crippen LogP contribution in [0.15, 0.2) is 24.3 Å². The third-order valence-corrected chi connectivity index (χ3v) is 2.81. The van der Waals surface area contributed by atoms with Gasteiger partial charge in [-0.05, 0) is 17.7 Å². The number of benzene rings is 1. The molecule has 22 heavy (non-hydrogen) atoms. The van der Waals surface area contributed by atoms with Gasteiger partial charge in [-0.1, -0.05) is 26.0 Å². The standard InChI is InChI=1S/C16H24N2O4/c1-11(2)17-9-14(20)10-22-15-6-4-13(5-7-15)8-16(21)18-12(3)19/h4-7,11,14,17,20H,8-10H2,1-3H3,(H,18,19,21). The molecule has 0 aliphatic rings. The summed E-state index contributed by atoms with van der Waals surface area (Å²) in [5.74, 6) is -0.0791. The van der Waals surface area contributed by atoms with Crippen molar-refractivity contribution in [2.75, 3.05) is 13.2 Å². The van der Waals surface area contributed by atoms with Crippen molar-refractivity contribution in [1.82, 2.24) is 10.6 Å². The third kappa shape index (κ3) is 7.75. The van der Waals surface area contributed by atoms with E-state index in [0.717, 1.165) is 5.56 Å². The Kier molecular flexibility index (Phi) is 7.56. The predicted molar refractivity (Wildman–Crippen MR) is 83.6 cm³/mol. The minimum absolute atomic E-state index is 0.140. The Balaban J connectivity index is 2.38. The van der Waals surface area contributed by atoms with Crippen molar-refractivity contribution < 1.29 is 19.4 Å². The minimum Gasteiger partial charge on any atom is -0.491 e. The molecule has 1 aromatic carbocycles. The van der Waals surface area contributed by atoms with E-state index >= 15 is 0 Å². The Morgan fingerprint density at radius 3 is 2.41 bits per heavy atom. The first-order chi connectivity index (χ1) is 10.4. The van der Waals surface area contributed by atoms with Gasteiger partial charge in [-0.2, -0.15) is 0 Å². The van der Waals surface area contributed by atoms with Crippen LogP contribution in [0.2, 0.25) is 0 Å². The summed E-state index contributed by atoms with van der Waals surface area (Å²) in [5.41, 5.74) is 0.785. The highest BCUT2D eigenvalue weighted by atomic mass is 16.5. The zero-order valence-corrected chi connectivity index (χ0v) is 13.3. The molecule has 0 spiro atoms. The monoisotopic (exact) mass is 308 g/mol. The third-order valence-electron chi connectivity index (χ3n) is 2.81. The molecule has 3 N–H and O–H groups in total. The Hall–Kier alpha value is -1.92. The molecule has 1 rings (SSSR count). The van der Waals surface area contributed by atoms with E-state index in [1.54, 1.807) is 24.3 Å². The fourth-order valence-corrected chi connectivity index (χ4v) is 1.75. The van der Waals surface area contributed by atoms with Crippen LogP contribution in [0, 0.1) is 0 Å². The van der Waals surface area contributed by atoms with Crippen LogP contribution in [-0.2, 0) is 16.0 Å². The van der Waals surface area contributed by atoms with Crippen molar-refractivity contribution in [3.8, 4) is 5.75 Å². The number of aliphatic hydroxyl groups excluding tert-OH is 1. The van der Waals surface area contributed by atoms with Crippen molar-refractivity contribution in [1.29, 1.82) is 0 Å². The van der Waals surface area contributed by atoms with Crippen LogP contribution >= 0.6 is 0 Å². The van der Waals surface area contributed by atoms with Gasteiger partial charge in [-0.25, -0.2) is 0 Å². The number of nitrogens with one attached hydrogen (secondary N) is 2. The van der Waals surface area contributed by atoms with Crippen molar-refractivity contribution in [3.05, 3.63) is 29.8 Å². The van der Waals surface area contributed by atoms with E-state index in [2.05, 4.69) is 10.6 Å². The molecule has 0 aromatic heterocycles. The van der Waals surface area contributed by atoms with Crippen LogP contribution in [0.4, 0.5) is 0 Å². The van der Waals surface area contributed by atoms with Gasteiger partial charge in [0.05, 0.1) is 6.42 Å². The van der Waals surface area contributed by atoms with Crippen molar-refractivity contribution in [2.24, 2.45) is 0 Å². The van der Waals surface area contributed by atoms with Crippen LogP contribution in [-0.4, -0.2) is 42.2 Å². The fourth-order valence-electron chi connectivity index (χ4n) is 1.75. The summed E-state index contributed by atoms with van der Waals surface area (Å²) >= 11 is 0. The van der Waals surface area contributed by atoms with Gasteiger partial charge in [-0.3, -0.25) is 14.9 Å². The van der Waals surface area contributed by atoms with Gasteiger partial charge < -0.3 is 15.2 Å². The molecule has 0 aliphatic carbocycles. The number of carbonyl (C=O) groups excluding carboxylic acids is 2. The molecule has 2 amide bonds. The zero-order chi connectivity index (χ0) is 16.5. The molecule has 0 fully saturated rings. The molecule has 6 nitrogen and oxygen atoms in total. The average Bonchev–Trinajstić information content (AvgIpc) is 2.43. The number of hydrogen-bond acceptors (Lipinski definition) is 5. The molecule has 0 aliphatic heterocycles. The lowest BCUT2D eigenvalue weighted by molar-refractivity contribution is -0.128. The maximum absolute atomic E-state index is 11.4. The highest BCUT2D eigenvalue weighted by Gasteiger charge is 2.07. The number of rotatable bonds is 8. The summed E-state index contributed by atoms with van der Waals surface area (Å²) in [6.45, 7) is 5.99. The molecule has 0 saturated carbocycles. The molecule has 122 valence electrons. The molecule has 0 saturated heterocycles. The Morgan fingerprint density at radius 2 is 1.86 bits per heavy atom. The normalized spacial score (nSPS) is 12.0. The minimum atomic E-state index is -0.580. The topological polar surface area (TPSA) is 87.7 Å². The Bertz CT molecular complexity index is 485. The first-order valence-corrected chi connectivity index (χ1v) is 7.30. The summed E-state index contributed by atoms with van der Waals surface area (Å²) in [5, 5.41) is 15.1. The summed E-state index contributed by atoms with van der Waals surface area (Å²) in [6.07, 6.45) is -0.440. The lowest BCUT2D eigenvalue weighted by atomic mass is 10.1. The highest BCUT2D eigenvalue weighted by molar-refractivity contribution is 5.94. The SMILES string of the molecule is CC(=O)NC(=O)Cc1ccc(OCC(O)CNC(C)C)cc1. The van der Waals surface area contributed by atoms with Crippen molar-refractivity contribution in [2.45, 2.75) is 39.3 Å². The summed E-state index contributed by atoms with van der Waals surface area (Å²) in [6, 6.07) is 7.30. The summed E-state index contributed by atoms with van der Waals surface area (Å²) < 4.78 is 5.48. The van der Waals surface area contributed by atoms with Crippen LogP contribution in [0.5, 0.6) is 5.75 Å². The quantitative estimate of drug-likeness (QED) is 0.655. The van der Waals surface area contributed by atoms with E-state index in [1.807, 2.05) is 13.8 Å².